The van der Waals surface area contributed by atoms with E-state index in [2.05, 4.69) is 4.98 Å². The molecule has 0 N–H and O–H groups in total. The van der Waals surface area contributed by atoms with E-state index in [1.165, 1.54) is 4.57 Å². The van der Waals surface area contributed by atoms with Crippen LogP contribution in [0.3, 0.4) is 0 Å². The average Bonchev–Trinajstić information content (AvgIpc) is 4.22. The van der Waals surface area contributed by atoms with Crippen LogP contribution in [-0.4, -0.2) is 239 Å². The Morgan fingerprint density at radius 1 is 0.205 bits per heavy atom. The maximum Gasteiger partial charge on any atom is 0.164 e. The van der Waals surface area contributed by atoms with Gasteiger partial charge in [0, 0.05) is 49.6 Å². The first-order chi connectivity index (χ1) is 36.4. The molecule has 78 heavy (non-hydrogen) atoms. The minimum absolute atomic E-state index is 0.0191. The van der Waals surface area contributed by atoms with Crippen LogP contribution in [0.1, 0.15) is 0 Å². The molecule has 0 spiro atoms. The highest BCUT2D eigenvalue weighted by Crippen LogP contribution is 2.35. The van der Waals surface area contributed by atoms with Crippen LogP contribution in [0.4, 0.5) is 0 Å². The second-order valence-corrected chi connectivity index (χ2v) is 18.4. The summed E-state index contributed by atoms with van der Waals surface area (Å²) in [7, 11) is 186. The molecule has 0 unspecified atom stereocenters. The van der Waals surface area contributed by atoms with Gasteiger partial charge in [-0.1, -0.05) is 87.4 Å². The normalized spacial score (nSPS) is 11.7. The molecule has 3 aromatic heterocycles. The zero-order valence-corrected chi connectivity index (χ0v) is 40.9. The van der Waals surface area contributed by atoms with Crippen LogP contribution in [-0.2, 0) is 0 Å². The molecule has 7 aromatic carbocycles. The van der Waals surface area contributed by atoms with Gasteiger partial charge in [0.2, 0.25) is 0 Å². The molecule has 0 amide bonds. The van der Waals surface area contributed by atoms with Gasteiger partial charge in [0.1, 0.15) is 231 Å². The number of fused-ring (bicyclic) bond motifs is 6. The zero-order chi connectivity index (χ0) is 57.4. The van der Waals surface area contributed by atoms with E-state index < -0.39 is 0 Å². The van der Waals surface area contributed by atoms with Crippen LogP contribution in [0, 0.1) is 0 Å². The zero-order valence-electron chi connectivity index (χ0n) is 40.9. The van der Waals surface area contributed by atoms with Crippen LogP contribution < -0.4 is 153 Å². The molecule has 0 saturated carbocycles. The fraction of sp³-hybridized carbons (Fsp3) is 0. The van der Waals surface area contributed by atoms with Gasteiger partial charge in [0.05, 0.1) is 0 Å². The van der Waals surface area contributed by atoms with E-state index in [1.54, 1.807) is 0 Å². The van der Waals surface area contributed by atoms with Crippen molar-refractivity contribution < 1.29 is 4.42 Å². The first-order valence-electron chi connectivity index (χ1n) is 22.5. The van der Waals surface area contributed by atoms with Crippen molar-refractivity contribution in [1.29, 1.82) is 0 Å². The highest BCUT2D eigenvalue weighted by molar-refractivity contribution is 6.75. The van der Waals surface area contributed by atoms with E-state index >= 15 is 0 Å². The molecule has 10 aromatic rings. The Bertz CT molecular complexity index is 4320. The van der Waals surface area contributed by atoms with Gasteiger partial charge >= 0.3 is 0 Å². The van der Waals surface area contributed by atoms with Crippen molar-refractivity contribution in [2.45, 2.75) is 0 Å². The summed E-state index contributed by atoms with van der Waals surface area (Å²) < 4.78 is 7.83. The number of nitrogens with zero attached hydrogens (tertiary/aromatic N) is 4. The van der Waals surface area contributed by atoms with E-state index in [-0.39, 0.29) is 248 Å². The highest BCUT2D eigenvalue weighted by atomic mass is 16.3. The fourth-order valence-corrected chi connectivity index (χ4v) is 10.0. The van der Waals surface area contributed by atoms with Gasteiger partial charge in [0.25, 0.3) is 0 Å². The molecule has 0 aliphatic carbocycles. The third-order valence-corrected chi connectivity index (χ3v) is 14.4. The molecule has 0 aliphatic rings. The summed E-state index contributed by atoms with van der Waals surface area (Å²) in [6.45, 7) is 0. The Balaban J connectivity index is 1.39. The Labute approximate surface area is 488 Å². The standard InChI is InChI=1S/C45B28N4O/c46-10-2(12(48)32(68)38-4(10)5-14(50)20(56)29(65)33(69)39(5)77(38)40-34(70)30(66)28(64)31(67)35(40)71)3-11(47)6-1-7(15(51)25(61)37(73)41(1)78-42(6)36(72)13(3)49)43-74-44(8-16(52)21(57)26(62)22(58)17(8)53)76-45(75-43)9-18(54)23(59)27(63)24(60)19(9)55. The van der Waals surface area contributed by atoms with E-state index in [1.807, 2.05) is 0 Å². The molecule has 290 valence electrons. The molecule has 0 bridgehead atoms. The molecule has 0 saturated heterocycles. The smallest absolute Gasteiger partial charge is 0.164 e. The summed E-state index contributed by atoms with van der Waals surface area (Å²) in [5.41, 5.74) is -5.71. The van der Waals surface area contributed by atoms with Crippen LogP contribution in [0.25, 0.3) is 94.7 Å². The second-order valence-electron chi connectivity index (χ2n) is 18.4. The van der Waals surface area contributed by atoms with Crippen LogP contribution in [0.5, 0.6) is 0 Å². The van der Waals surface area contributed by atoms with Gasteiger partial charge in [-0.25, -0.2) is 15.0 Å². The number of hydrogen-bond donors (Lipinski definition) is 0. The number of benzene rings is 7. The van der Waals surface area contributed by atoms with Crippen molar-refractivity contribution >= 4 is 416 Å². The van der Waals surface area contributed by atoms with Crippen LogP contribution in [0.2, 0.25) is 0 Å². The Morgan fingerprint density at radius 3 is 0.897 bits per heavy atom. The van der Waals surface area contributed by atoms with E-state index in [4.69, 9.17) is 234 Å². The number of furan rings is 1. The summed E-state index contributed by atoms with van der Waals surface area (Å²) in [5.74, 6) is -0.931. The SMILES string of the molecule is [B]c1c([B])c([B])c(-c2nc(-c3c([B])c([B])c([B])c([B])c3[B])nc(-c3c([B])c([B])c([B])c4oc5c([B])c([B])c(-c6c([B])c([B])c7c(c6[B])c6c([B])c([B])c([B])c([B])c6n7-c6c([B])c([B])c([B])c([B])c6[B])c([B])c5c34)n2)c([B])c1[B]. The summed E-state index contributed by atoms with van der Waals surface area (Å²) in [4.78, 5) is 14.3. The van der Waals surface area contributed by atoms with Crippen LogP contribution >= 0.6 is 0 Å². The van der Waals surface area contributed by atoms with Crippen molar-refractivity contribution in [2.75, 3.05) is 0 Å². The quantitative estimate of drug-likeness (QED) is 0.161. The maximum absolute atomic E-state index is 7.34. The maximum atomic E-state index is 7.34. The number of hydrogen-bond acceptors (Lipinski definition) is 4. The summed E-state index contributed by atoms with van der Waals surface area (Å²) in [5, 5.41) is 0.0912. The minimum Gasteiger partial charge on any atom is -0.457 e. The third-order valence-electron chi connectivity index (χ3n) is 14.4. The molecule has 3 heterocycles. The molecule has 0 fully saturated rings. The van der Waals surface area contributed by atoms with Crippen molar-refractivity contribution in [3.05, 3.63) is 0 Å². The van der Waals surface area contributed by atoms with Crippen molar-refractivity contribution in [2.24, 2.45) is 0 Å². The van der Waals surface area contributed by atoms with Gasteiger partial charge in [-0.2, -0.15) is 0 Å². The molecule has 56 radical (unpaired) electrons. The molecule has 0 atom stereocenters. The average molecular weight is 915 g/mol. The second kappa shape index (κ2) is 19.3. The van der Waals surface area contributed by atoms with Crippen molar-refractivity contribution in [3.8, 4) is 51.0 Å². The molecular formula is C45B28N4O. The van der Waals surface area contributed by atoms with Gasteiger partial charge in [0.15, 0.2) is 17.5 Å². The summed E-state index contributed by atoms with van der Waals surface area (Å²) >= 11 is 0. The molecule has 33 heteroatoms. The molecule has 5 nitrogen and oxygen atoms in total. The van der Waals surface area contributed by atoms with Gasteiger partial charge in [-0.15, -0.1) is 65.6 Å². The lowest BCUT2D eigenvalue weighted by molar-refractivity contribution is 0.675. The lowest BCUT2D eigenvalue weighted by Gasteiger charge is -2.26. The summed E-state index contributed by atoms with van der Waals surface area (Å²) in [6.07, 6.45) is 0. The van der Waals surface area contributed by atoms with Crippen molar-refractivity contribution in [1.82, 2.24) is 19.5 Å². The summed E-state index contributed by atoms with van der Waals surface area (Å²) in [6, 6.07) is 0. The number of aromatic nitrogens is 4. The minimum atomic E-state index is -0.325. The third kappa shape index (κ3) is 7.52. The van der Waals surface area contributed by atoms with E-state index in [0.29, 0.717) is 0 Å². The predicted octanol–water partition coefficient (Wildman–Crippen LogP) is -22.2. The highest BCUT2D eigenvalue weighted by Gasteiger charge is 2.31. The van der Waals surface area contributed by atoms with Crippen molar-refractivity contribution in [3.63, 3.8) is 0 Å². The van der Waals surface area contributed by atoms with Gasteiger partial charge < -0.3 is 8.98 Å². The Hall–Kier alpha value is -5.03. The Kier molecular flexibility index (Phi) is 13.9. The first kappa shape index (κ1) is 56.3. The monoisotopic (exact) mass is 920 g/mol. The van der Waals surface area contributed by atoms with E-state index in [0.717, 1.165) is 0 Å². The molecule has 0 aliphatic heterocycles. The van der Waals surface area contributed by atoms with Gasteiger partial charge in [-0.05, 0) is 16.5 Å². The lowest BCUT2D eigenvalue weighted by atomic mass is 9.60. The molecular weight excluding hydrogens is 915 g/mol. The predicted molar refractivity (Wildman–Crippen MR) is 354 cm³/mol. The first-order valence-corrected chi connectivity index (χ1v) is 22.5. The Morgan fingerprint density at radius 2 is 0.462 bits per heavy atom. The lowest BCUT2D eigenvalue weighted by Crippen LogP contribution is -2.56. The van der Waals surface area contributed by atoms with Crippen LogP contribution in [0.15, 0.2) is 4.42 Å². The molecule has 10 rings (SSSR count). The topological polar surface area (TPSA) is 56.7 Å². The van der Waals surface area contributed by atoms with Gasteiger partial charge in [-0.3, -0.25) is 0 Å². The van der Waals surface area contributed by atoms with E-state index in [9.17, 15) is 0 Å². The largest absolute Gasteiger partial charge is 0.457 e. The fourth-order valence-electron chi connectivity index (χ4n) is 10.0. The number of rotatable bonds is 5.